The highest BCUT2D eigenvalue weighted by atomic mass is 16.2. The highest BCUT2D eigenvalue weighted by Gasteiger charge is 2.25. The molecule has 146 valence electrons. The summed E-state index contributed by atoms with van der Waals surface area (Å²) in [4.78, 5) is 17.7. The van der Waals surface area contributed by atoms with E-state index in [4.69, 9.17) is 0 Å². The van der Waals surface area contributed by atoms with Crippen LogP contribution < -0.4 is 0 Å². The van der Waals surface area contributed by atoms with Crippen molar-refractivity contribution in [1.82, 2.24) is 9.80 Å². The Morgan fingerprint density at radius 2 is 1.22 bits per heavy atom. The minimum absolute atomic E-state index is 0.160. The summed E-state index contributed by atoms with van der Waals surface area (Å²) in [6, 6.07) is 21.2. The van der Waals surface area contributed by atoms with Crippen LogP contribution in [-0.4, -0.2) is 47.9 Å². The molecule has 0 saturated heterocycles. The number of likely N-dealkylation sites (N-methyl/N-ethyl adjacent to an activating group) is 1. The van der Waals surface area contributed by atoms with Crippen molar-refractivity contribution in [1.29, 1.82) is 0 Å². The monoisotopic (exact) mass is 366 g/mol. The molecule has 27 heavy (non-hydrogen) atoms. The van der Waals surface area contributed by atoms with Crippen molar-refractivity contribution >= 4 is 5.91 Å². The van der Waals surface area contributed by atoms with Gasteiger partial charge in [0, 0.05) is 32.2 Å². The fourth-order valence-corrected chi connectivity index (χ4v) is 3.70. The van der Waals surface area contributed by atoms with E-state index < -0.39 is 0 Å². The molecule has 2 aromatic rings. The molecule has 0 atom stereocenters. The van der Waals surface area contributed by atoms with Crippen LogP contribution in [0, 0.1) is 0 Å². The van der Waals surface area contributed by atoms with E-state index in [-0.39, 0.29) is 11.8 Å². The van der Waals surface area contributed by atoms with Gasteiger partial charge in [-0.3, -0.25) is 9.69 Å². The Balaban J connectivity index is 2.09. The highest BCUT2D eigenvalue weighted by Crippen LogP contribution is 2.26. The van der Waals surface area contributed by atoms with E-state index in [0.717, 1.165) is 30.6 Å². The van der Waals surface area contributed by atoms with E-state index in [9.17, 15) is 4.79 Å². The Kier molecular flexibility index (Phi) is 8.05. The Morgan fingerprint density at radius 3 is 1.63 bits per heavy atom. The van der Waals surface area contributed by atoms with Crippen LogP contribution in [-0.2, 0) is 4.79 Å². The smallest absolute Gasteiger partial charge is 0.234 e. The zero-order chi connectivity index (χ0) is 19.8. The first-order valence-corrected chi connectivity index (χ1v) is 10.0. The van der Waals surface area contributed by atoms with Gasteiger partial charge in [0.15, 0.2) is 0 Å². The van der Waals surface area contributed by atoms with Crippen LogP contribution >= 0.6 is 0 Å². The van der Waals surface area contributed by atoms with Crippen molar-refractivity contribution in [3.8, 4) is 0 Å². The molecule has 3 nitrogen and oxygen atoms in total. The second-order valence-corrected chi connectivity index (χ2v) is 7.79. The number of carbonyl (C=O) groups is 1. The molecule has 0 aliphatic carbocycles. The molecule has 0 aliphatic rings. The predicted molar refractivity (Wildman–Crippen MR) is 114 cm³/mol. The third-order valence-corrected chi connectivity index (χ3v) is 5.13. The topological polar surface area (TPSA) is 23.6 Å². The van der Waals surface area contributed by atoms with E-state index in [0.29, 0.717) is 12.1 Å². The highest BCUT2D eigenvalue weighted by molar-refractivity contribution is 5.87. The molecule has 0 N–H and O–H groups in total. The fraction of sp³-hybridized carbons (Fsp3) is 0.458. The molecule has 0 fully saturated rings. The van der Waals surface area contributed by atoms with Gasteiger partial charge in [0.2, 0.25) is 5.91 Å². The van der Waals surface area contributed by atoms with E-state index in [1.165, 1.54) is 0 Å². The van der Waals surface area contributed by atoms with Gasteiger partial charge in [-0.2, -0.15) is 0 Å². The summed E-state index contributed by atoms with van der Waals surface area (Å²) in [7, 11) is 1.93. The average molecular weight is 367 g/mol. The Bertz CT molecular complexity index is 635. The number of nitrogens with zero attached hydrogens (tertiary/aromatic N) is 2. The van der Waals surface area contributed by atoms with Gasteiger partial charge in [-0.25, -0.2) is 0 Å². The van der Waals surface area contributed by atoms with Gasteiger partial charge in [0.1, 0.15) is 0 Å². The normalized spacial score (nSPS) is 11.6. The number of rotatable bonds is 9. The van der Waals surface area contributed by atoms with Crippen LogP contribution in [0.3, 0.4) is 0 Å². The average Bonchev–Trinajstić information content (AvgIpc) is 2.66. The third kappa shape index (κ3) is 5.93. The molecular formula is C24H34N2O. The first-order valence-electron chi connectivity index (χ1n) is 10.0. The molecule has 3 heteroatoms. The summed E-state index contributed by atoms with van der Waals surface area (Å²) in [6.07, 6.45) is 0.981. The molecule has 0 spiro atoms. The summed E-state index contributed by atoms with van der Waals surface area (Å²) >= 11 is 0. The number of hydrogen-bond donors (Lipinski definition) is 0. The largest absolute Gasteiger partial charge is 0.345 e. The Labute approximate surface area is 165 Å². The van der Waals surface area contributed by atoms with Gasteiger partial charge in [-0.1, -0.05) is 60.7 Å². The van der Waals surface area contributed by atoms with E-state index in [2.05, 4.69) is 32.6 Å². The van der Waals surface area contributed by atoms with Crippen molar-refractivity contribution in [3.05, 3.63) is 71.8 Å². The third-order valence-electron chi connectivity index (χ3n) is 5.13. The minimum atomic E-state index is -0.247. The van der Waals surface area contributed by atoms with Crippen LogP contribution in [0.15, 0.2) is 60.7 Å². The van der Waals surface area contributed by atoms with Crippen molar-refractivity contribution < 1.29 is 4.79 Å². The first-order chi connectivity index (χ1) is 12.9. The van der Waals surface area contributed by atoms with Crippen molar-refractivity contribution in [2.24, 2.45) is 0 Å². The van der Waals surface area contributed by atoms with Gasteiger partial charge in [-0.15, -0.1) is 0 Å². The Hall–Kier alpha value is -2.13. The molecular weight excluding hydrogens is 332 g/mol. The summed E-state index contributed by atoms with van der Waals surface area (Å²) in [5.74, 6) is -0.0863. The first kappa shape index (κ1) is 21.2. The van der Waals surface area contributed by atoms with Crippen LogP contribution in [0.4, 0.5) is 0 Å². The van der Waals surface area contributed by atoms with E-state index in [1.54, 1.807) is 0 Å². The van der Waals surface area contributed by atoms with Gasteiger partial charge in [0.05, 0.1) is 5.92 Å². The van der Waals surface area contributed by atoms with Gasteiger partial charge in [0.25, 0.3) is 0 Å². The lowest BCUT2D eigenvalue weighted by Gasteiger charge is -2.31. The minimum Gasteiger partial charge on any atom is -0.345 e. The van der Waals surface area contributed by atoms with Crippen molar-refractivity contribution in [2.75, 3.05) is 20.1 Å². The van der Waals surface area contributed by atoms with Crippen LogP contribution in [0.1, 0.15) is 51.2 Å². The maximum absolute atomic E-state index is 13.3. The zero-order valence-corrected chi connectivity index (χ0v) is 17.4. The van der Waals surface area contributed by atoms with Gasteiger partial charge < -0.3 is 4.90 Å². The van der Waals surface area contributed by atoms with Gasteiger partial charge in [-0.05, 0) is 45.2 Å². The number of benzene rings is 2. The molecule has 0 unspecified atom stereocenters. The van der Waals surface area contributed by atoms with Gasteiger partial charge >= 0.3 is 0 Å². The zero-order valence-electron chi connectivity index (χ0n) is 17.4. The van der Waals surface area contributed by atoms with E-state index in [1.807, 2.05) is 72.6 Å². The van der Waals surface area contributed by atoms with E-state index >= 15 is 0 Å². The molecule has 0 bridgehead atoms. The van der Waals surface area contributed by atoms with Crippen molar-refractivity contribution in [2.45, 2.75) is 52.1 Å². The molecule has 0 aliphatic heterocycles. The molecule has 0 saturated carbocycles. The molecule has 2 aromatic carbocycles. The lowest BCUT2D eigenvalue weighted by Crippen LogP contribution is -2.40. The van der Waals surface area contributed by atoms with Crippen LogP contribution in [0.5, 0.6) is 0 Å². The second-order valence-electron chi connectivity index (χ2n) is 7.79. The molecule has 2 rings (SSSR count). The predicted octanol–water partition coefficient (Wildman–Crippen LogP) is 4.79. The van der Waals surface area contributed by atoms with Crippen LogP contribution in [0.2, 0.25) is 0 Å². The molecule has 0 radical (unpaired) electrons. The maximum atomic E-state index is 13.3. The fourth-order valence-electron chi connectivity index (χ4n) is 3.70. The summed E-state index contributed by atoms with van der Waals surface area (Å²) in [5.41, 5.74) is 2.10. The second kappa shape index (κ2) is 10.3. The molecule has 0 heterocycles. The molecule has 0 aromatic heterocycles. The maximum Gasteiger partial charge on any atom is 0.234 e. The summed E-state index contributed by atoms with van der Waals surface area (Å²) in [6.45, 7) is 10.7. The van der Waals surface area contributed by atoms with Crippen LogP contribution in [0.25, 0.3) is 0 Å². The summed E-state index contributed by atoms with van der Waals surface area (Å²) < 4.78 is 0. The standard InChI is InChI=1S/C24H34N2O/c1-19(2)26(20(3)4)18-12-17-25(5)24(27)23(21-13-8-6-9-14-21)22-15-10-7-11-16-22/h6-11,13-16,19-20,23H,12,17-18H2,1-5H3. The number of carbonyl (C=O) groups excluding carboxylic acids is 1. The SMILES string of the molecule is CC(C)N(CCCN(C)C(=O)C(c1ccccc1)c1ccccc1)C(C)C. The summed E-state index contributed by atoms with van der Waals surface area (Å²) in [5, 5.41) is 0. The molecule has 1 amide bonds. The quantitative estimate of drug-likeness (QED) is 0.637. The lowest BCUT2D eigenvalue weighted by molar-refractivity contribution is -0.130. The Morgan fingerprint density at radius 1 is 0.778 bits per heavy atom. The van der Waals surface area contributed by atoms with Crippen molar-refractivity contribution in [3.63, 3.8) is 0 Å². The number of amides is 1. The number of hydrogen-bond acceptors (Lipinski definition) is 2. The lowest BCUT2D eigenvalue weighted by atomic mass is 9.90.